The molecule has 1 atom stereocenters. The number of amides is 1. The van der Waals surface area contributed by atoms with Crippen LogP contribution in [0.1, 0.15) is 27.2 Å². The molecule has 1 aromatic rings. The summed E-state index contributed by atoms with van der Waals surface area (Å²) in [6, 6.07) is 0. The van der Waals surface area contributed by atoms with Crippen molar-refractivity contribution >= 4 is 11.9 Å². The van der Waals surface area contributed by atoms with E-state index in [0.29, 0.717) is 6.54 Å². The van der Waals surface area contributed by atoms with Gasteiger partial charge in [0.25, 0.3) is 5.95 Å². The Balaban J connectivity index is 2.61. The van der Waals surface area contributed by atoms with Gasteiger partial charge < -0.3 is 5.73 Å². The van der Waals surface area contributed by atoms with Gasteiger partial charge in [0.1, 0.15) is 0 Å². The number of nitrogens with zero attached hydrogens (tertiary/aromatic N) is 4. The first-order chi connectivity index (χ1) is 7.81. The Kier molecular flexibility index (Phi) is 4.17. The number of aryl methyl sites for hydroxylation is 1. The lowest BCUT2D eigenvalue weighted by Gasteiger charge is -2.23. The summed E-state index contributed by atoms with van der Waals surface area (Å²) in [5, 5.41) is 13.8. The zero-order valence-corrected chi connectivity index (χ0v) is 10.8. The molecule has 1 rings (SSSR count). The Hall–Kier alpha value is -1.50. The number of tetrazole rings is 1. The molecular formula is C10H20N6O. The maximum atomic E-state index is 11.9. The number of hydrogen-bond acceptors (Lipinski definition) is 5. The Morgan fingerprint density at radius 2 is 2.18 bits per heavy atom. The Morgan fingerprint density at radius 1 is 1.53 bits per heavy atom. The third-order valence-corrected chi connectivity index (χ3v) is 2.26. The Bertz CT molecular complexity index is 380. The summed E-state index contributed by atoms with van der Waals surface area (Å²) in [7, 11) is 1.64. The quantitative estimate of drug-likeness (QED) is 0.781. The molecule has 17 heavy (non-hydrogen) atoms. The summed E-state index contributed by atoms with van der Waals surface area (Å²) in [5.74, 6) is -0.181. The van der Waals surface area contributed by atoms with Crippen LogP contribution >= 0.6 is 0 Å². The lowest BCUT2D eigenvalue weighted by Crippen LogP contribution is -2.32. The van der Waals surface area contributed by atoms with Crippen LogP contribution in [0.25, 0.3) is 0 Å². The molecule has 1 amide bonds. The molecule has 0 bridgehead atoms. The zero-order chi connectivity index (χ0) is 13.1. The van der Waals surface area contributed by atoms with Gasteiger partial charge in [0.15, 0.2) is 0 Å². The second-order valence-electron chi connectivity index (χ2n) is 5.29. The predicted octanol–water partition coefficient (Wildman–Crippen LogP) is 0.160. The number of aromatic nitrogens is 4. The van der Waals surface area contributed by atoms with Gasteiger partial charge in [-0.05, 0) is 17.0 Å². The maximum absolute atomic E-state index is 11.9. The fourth-order valence-corrected chi connectivity index (χ4v) is 1.57. The molecule has 0 saturated heterocycles. The van der Waals surface area contributed by atoms with E-state index in [0.717, 1.165) is 6.42 Å². The van der Waals surface area contributed by atoms with Gasteiger partial charge in [-0.25, -0.2) is 0 Å². The molecule has 0 radical (unpaired) electrons. The fourth-order valence-electron chi connectivity index (χ4n) is 1.57. The summed E-state index contributed by atoms with van der Waals surface area (Å²) in [6.45, 7) is 6.53. The van der Waals surface area contributed by atoms with Crippen molar-refractivity contribution in [2.75, 3.05) is 11.9 Å². The summed E-state index contributed by atoms with van der Waals surface area (Å²) >= 11 is 0. The highest BCUT2D eigenvalue weighted by Gasteiger charge is 2.24. The molecule has 0 aliphatic carbocycles. The highest BCUT2D eigenvalue weighted by molar-refractivity contribution is 5.90. The van der Waals surface area contributed by atoms with Crippen LogP contribution in [-0.2, 0) is 11.8 Å². The summed E-state index contributed by atoms with van der Waals surface area (Å²) < 4.78 is 0. The average Bonchev–Trinajstić information content (AvgIpc) is 2.59. The monoisotopic (exact) mass is 240 g/mol. The molecule has 0 aliphatic rings. The topological polar surface area (TPSA) is 98.7 Å². The number of anilines is 1. The van der Waals surface area contributed by atoms with Gasteiger partial charge >= 0.3 is 0 Å². The van der Waals surface area contributed by atoms with E-state index in [1.807, 2.05) is 0 Å². The molecular weight excluding hydrogens is 220 g/mol. The zero-order valence-electron chi connectivity index (χ0n) is 10.8. The minimum absolute atomic E-state index is 0.0527. The van der Waals surface area contributed by atoms with Crippen molar-refractivity contribution in [3.05, 3.63) is 0 Å². The van der Waals surface area contributed by atoms with Crippen molar-refractivity contribution in [1.29, 1.82) is 0 Å². The van der Waals surface area contributed by atoms with Crippen molar-refractivity contribution in [2.24, 2.45) is 24.1 Å². The molecule has 0 spiro atoms. The second kappa shape index (κ2) is 5.22. The molecule has 1 heterocycles. The van der Waals surface area contributed by atoms with E-state index in [2.05, 4.69) is 41.5 Å². The van der Waals surface area contributed by atoms with Crippen LogP contribution in [0, 0.1) is 11.3 Å². The van der Waals surface area contributed by atoms with Crippen LogP contribution in [-0.4, -0.2) is 32.7 Å². The summed E-state index contributed by atoms with van der Waals surface area (Å²) in [4.78, 5) is 13.2. The molecule has 1 aromatic heterocycles. The van der Waals surface area contributed by atoms with Crippen LogP contribution in [0.4, 0.5) is 5.95 Å². The van der Waals surface area contributed by atoms with Crippen LogP contribution < -0.4 is 11.1 Å². The number of carbonyl (C=O) groups is 1. The van der Waals surface area contributed by atoms with Crippen LogP contribution in [0.3, 0.4) is 0 Å². The van der Waals surface area contributed by atoms with Gasteiger partial charge in [-0.1, -0.05) is 25.9 Å². The standard InChI is InChI=1S/C10H20N6O/c1-10(2,3)5-7(6-11)8(17)12-9-13-15-16(4)14-9/h7H,5-6,11H2,1-4H3,(H,12,14,17). The number of carbonyl (C=O) groups excluding carboxylic acids is 1. The molecule has 96 valence electrons. The third-order valence-electron chi connectivity index (χ3n) is 2.26. The van der Waals surface area contributed by atoms with E-state index in [1.165, 1.54) is 4.80 Å². The Labute approximate surface area is 101 Å². The fraction of sp³-hybridized carbons (Fsp3) is 0.800. The first-order valence-corrected chi connectivity index (χ1v) is 5.57. The van der Waals surface area contributed by atoms with Gasteiger partial charge in [0.05, 0.1) is 13.0 Å². The van der Waals surface area contributed by atoms with E-state index in [4.69, 9.17) is 5.73 Å². The average molecular weight is 240 g/mol. The minimum atomic E-state index is -0.237. The predicted molar refractivity (Wildman–Crippen MR) is 64.0 cm³/mol. The number of nitrogens with one attached hydrogen (secondary N) is 1. The van der Waals surface area contributed by atoms with Gasteiger partial charge in [-0.2, -0.15) is 4.80 Å². The second-order valence-corrected chi connectivity index (χ2v) is 5.29. The number of rotatable bonds is 4. The van der Waals surface area contributed by atoms with Crippen molar-refractivity contribution < 1.29 is 4.79 Å². The summed E-state index contributed by atoms with van der Waals surface area (Å²) in [5.41, 5.74) is 5.67. The third kappa shape index (κ3) is 4.48. The molecule has 0 aromatic carbocycles. The van der Waals surface area contributed by atoms with E-state index >= 15 is 0 Å². The van der Waals surface area contributed by atoms with Crippen LogP contribution in [0.15, 0.2) is 0 Å². The van der Waals surface area contributed by atoms with Gasteiger partial charge in [-0.3, -0.25) is 10.1 Å². The number of nitrogens with two attached hydrogens (primary N) is 1. The molecule has 0 fully saturated rings. The van der Waals surface area contributed by atoms with Crippen molar-refractivity contribution in [3.63, 3.8) is 0 Å². The molecule has 3 N–H and O–H groups in total. The van der Waals surface area contributed by atoms with Crippen molar-refractivity contribution in [2.45, 2.75) is 27.2 Å². The number of hydrogen-bond donors (Lipinski definition) is 2. The van der Waals surface area contributed by atoms with Crippen LogP contribution in [0.2, 0.25) is 0 Å². The molecule has 7 nitrogen and oxygen atoms in total. The lowest BCUT2D eigenvalue weighted by molar-refractivity contribution is -0.120. The van der Waals surface area contributed by atoms with Gasteiger partial charge in [-0.15, -0.1) is 5.10 Å². The van der Waals surface area contributed by atoms with Crippen molar-refractivity contribution in [3.8, 4) is 0 Å². The smallest absolute Gasteiger partial charge is 0.270 e. The molecule has 0 saturated carbocycles. The molecule has 7 heteroatoms. The summed E-state index contributed by atoms with van der Waals surface area (Å²) in [6.07, 6.45) is 0.718. The van der Waals surface area contributed by atoms with Gasteiger partial charge in [0, 0.05) is 6.54 Å². The van der Waals surface area contributed by atoms with E-state index < -0.39 is 0 Å². The first-order valence-electron chi connectivity index (χ1n) is 5.57. The van der Waals surface area contributed by atoms with E-state index in [1.54, 1.807) is 7.05 Å². The lowest BCUT2D eigenvalue weighted by atomic mass is 9.84. The molecule has 1 unspecified atom stereocenters. The Morgan fingerprint density at radius 3 is 2.59 bits per heavy atom. The first kappa shape index (κ1) is 13.6. The minimum Gasteiger partial charge on any atom is -0.330 e. The van der Waals surface area contributed by atoms with E-state index in [9.17, 15) is 4.79 Å². The van der Waals surface area contributed by atoms with E-state index in [-0.39, 0.29) is 23.2 Å². The van der Waals surface area contributed by atoms with Crippen molar-refractivity contribution in [1.82, 2.24) is 20.2 Å². The SMILES string of the molecule is Cn1nnc(NC(=O)C(CN)CC(C)(C)C)n1. The molecule has 0 aliphatic heterocycles. The van der Waals surface area contributed by atoms with Crippen LogP contribution in [0.5, 0.6) is 0 Å². The highest BCUT2D eigenvalue weighted by Crippen LogP contribution is 2.24. The normalized spacial score (nSPS) is 13.5. The largest absolute Gasteiger partial charge is 0.330 e. The maximum Gasteiger partial charge on any atom is 0.270 e. The highest BCUT2D eigenvalue weighted by atomic mass is 16.2. The van der Waals surface area contributed by atoms with Gasteiger partial charge in [0.2, 0.25) is 5.91 Å².